The van der Waals surface area contributed by atoms with Crippen molar-refractivity contribution >= 4 is 28.5 Å². The molecule has 0 aliphatic rings. The fourth-order valence-corrected chi connectivity index (χ4v) is 1.82. The van der Waals surface area contributed by atoms with Gasteiger partial charge >= 0.3 is 0 Å². The first-order valence-electron chi connectivity index (χ1n) is 5.20. The van der Waals surface area contributed by atoms with Crippen LogP contribution in [-0.4, -0.2) is 32.5 Å². The van der Waals surface area contributed by atoms with E-state index in [2.05, 4.69) is 27.9 Å². The van der Waals surface area contributed by atoms with Crippen LogP contribution in [0.2, 0.25) is 0 Å². The number of amides is 1. The largest absolute Gasteiger partial charge is 0.354 e. The Bertz CT molecular complexity index is 363. The predicted octanol–water partition coefficient (Wildman–Crippen LogP) is 2.03. The maximum absolute atomic E-state index is 11.9. The summed E-state index contributed by atoms with van der Waals surface area (Å²) in [5, 5.41) is 2.83. The third kappa shape index (κ3) is 4.25. The Morgan fingerprint density at radius 2 is 1.76 bits per heavy atom. The highest BCUT2D eigenvalue weighted by Gasteiger charge is 2.18. The van der Waals surface area contributed by atoms with Gasteiger partial charge in [-0.05, 0) is 53.8 Å². The smallest absolute Gasteiger partial charge is 0.251 e. The molecule has 0 spiro atoms. The van der Waals surface area contributed by atoms with E-state index in [0.29, 0.717) is 5.56 Å². The van der Waals surface area contributed by atoms with E-state index < -0.39 is 6.29 Å². The van der Waals surface area contributed by atoms with E-state index in [9.17, 15) is 4.79 Å². The molecule has 17 heavy (non-hydrogen) atoms. The molecule has 4 nitrogen and oxygen atoms in total. The average Bonchev–Trinajstić information content (AvgIpc) is 2.31. The molecule has 0 heterocycles. The summed E-state index contributed by atoms with van der Waals surface area (Å²) in [5.41, 5.74) is 0.628. The molecule has 0 saturated heterocycles. The molecule has 0 aliphatic carbocycles. The highest BCUT2D eigenvalue weighted by atomic mass is 127. The molecule has 1 aromatic carbocycles. The number of carbonyl (C=O) groups excluding carboxylic acids is 1. The summed E-state index contributed by atoms with van der Waals surface area (Å²) >= 11 is 2.20. The van der Waals surface area contributed by atoms with Gasteiger partial charge in [0.15, 0.2) is 6.29 Å². The molecule has 0 radical (unpaired) electrons. The minimum atomic E-state index is -0.442. The first-order valence-corrected chi connectivity index (χ1v) is 6.28. The van der Waals surface area contributed by atoms with Crippen molar-refractivity contribution in [2.24, 2.45) is 0 Å². The minimum Gasteiger partial charge on any atom is -0.354 e. The number of hydrogen-bond donors (Lipinski definition) is 1. The van der Waals surface area contributed by atoms with Crippen molar-refractivity contribution in [3.05, 3.63) is 33.4 Å². The molecule has 1 amide bonds. The zero-order valence-corrected chi connectivity index (χ0v) is 12.2. The van der Waals surface area contributed by atoms with Crippen LogP contribution in [0.1, 0.15) is 17.3 Å². The Balaban J connectivity index is 2.62. The van der Waals surface area contributed by atoms with Crippen molar-refractivity contribution in [2.45, 2.75) is 19.3 Å². The molecule has 1 unspecified atom stereocenters. The van der Waals surface area contributed by atoms with E-state index in [1.807, 2.05) is 19.1 Å². The van der Waals surface area contributed by atoms with Crippen LogP contribution in [0, 0.1) is 3.57 Å². The summed E-state index contributed by atoms with van der Waals surface area (Å²) in [4.78, 5) is 11.9. The number of halogens is 1. The van der Waals surface area contributed by atoms with E-state index >= 15 is 0 Å². The Morgan fingerprint density at radius 3 is 2.24 bits per heavy atom. The van der Waals surface area contributed by atoms with E-state index in [1.165, 1.54) is 0 Å². The molecule has 1 N–H and O–H groups in total. The SMILES string of the molecule is COC(OC)C(C)NC(=O)c1ccc(I)cc1. The van der Waals surface area contributed by atoms with Crippen molar-refractivity contribution in [3.8, 4) is 0 Å². The maximum atomic E-state index is 11.9. The second kappa shape index (κ2) is 6.93. The highest BCUT2D eigenvalue weighted by Crippen LogP contribution is 2.07. The van der Waals surface area contributed by atoms with E-state index in [1.54, 1.807) is 26.4 Å². The van der Waals surface area contributed by atoms with Crippen LogP contribution < -0.4 is 5.32 Å². The highest BCUT2D eigenvalue weighted by molar-refractivity contribution is 14.1. The summed E-state index contributed by atoms with van der Waals surface area (Å²) in [6.45, 7) is 1.84. The lowest BCUT2D eigenvalue weighted by atomic mass is 10.2. The van der Waals surface area contributed by atoms with Crippen molar-refractivity contribution in [3.63, 3.8) is 0 Å². The summed E-state index contributed by atoms with van der Waals surface area (Å²) in [5.74, 6) is -0.131. The third-order valence-electron chi connectivity index (χ3n) is 2.34. The van der Waals surface area contributed by atoms with Gasteiger partial charge < -0.3 is 14.8 Å². The van der Waals surface area contributed by atoms with Gasteiger partial charge in [-0.3, -0.25) is 4.79 Å². The van der Waals surface area contributed by atoms with Crippen LogP contribution in [0.15, 0.2) is 24.3 Å². The van der Waals surface area contributed by atoms with Gasteiger partial charge in [0, 0.05) is 23.4 Å². The van der Waals surface area contributed by atoms with Crippen LogP contribution in [0.5, 0.6) is 0 Å². The Labute approximate surface area is 115 Å². The molecule has 1 rings (SSSR count). The molecule has 1 atom stereocenters. The zero-order chi connectivity index (χ0) is 12.8. The first kappa shape index (κ1) is 14.4. The van der Waals surface area contributed by atoms with Crippen molar-refractivity contribution < 1.29 is 14.3 Å². The van der Waals surface area contributed by atoms with Gasteiger partial charge in [0.1, 0.15) is 0 Å². The van der Waals surface area contributed by atoms with E-state index in [-0.39, 0.29) is 11.9 Å². The van der Waals surface area contributed by atoms with Crippen molar-refractivity contribution in [1.82, 2.24) is 5.32 Å². The molecule has 1 aromatic rings. The fourth-order valence-electron chi connectivity index (χ4n) is 1.46. The van der Waals surface area contributed by atoms with Gasteiger partial charge in [-0.2, -0.15) is 0 Å². The lowest BCUT2D eigenvalue weighted by Gasteiger charge is -2.22. The topological polar surface area (TPSA) is 47.6 Å². The molecule has 0 saturated carbocycles. The van der Waals surface area contributed by atoms with E-state index in [0.717, 1.165) is 3.57 Å². The number of carbonyl (C=O) groups is 1. The monoisotopic (exact) mass is 349 g/mol. The summed E-state index contributed by atoms with van der Waals surface area (Å²) in [6, 6.07) is 7.16. The number of methoxy groups -OCH3 is 2. The molecule has 0 aromatic heterocycles. The lowest BCUT2D eigenvalue weighted by molar-refractivity contribution is -0.117. The maximum Gasteiger partial charge on any atom is 0.251 e. The Hall–Kier alpha value is -0.660. The van der Waals surface area contributed by atoms with Gasteiger partial charge in [0.05, 0.1) is 6.04 Å². The van der Waals surface area contributed by atoms with Crippen LogP contribution in [0.4, 0.5) is 0 Å². The van der Waals surface area contributed by atoms with Gasteiger partial charge in [0.2, 0.25) is 0 Å². The minimum absolute atomic E-state index is 0.131. The molecule has 5 heteroatoms. The molecular weight excluding hydrogens is 333 g/mol. The molecular formula is C12H16INO3. The molecule has 0 fully saturated rings. The zero-order valence-electron chi connectivity index (χ0n) is 10.1. The third-order valence-corrected chi connectivity index (χ3v) is 3.06. The Kier molecular flexibility index (Phi) is 5.87. The van der Waals surface area contributed by atoms with Crippen LogP contribution in [-0.2, 0) is 9.47 Å². The summed E-state index contributed by atoms with van der Waals surface area (Å²) in [7, 11) is 3.09. The second-order valence-electron chi connectivity index (χ2n) is 3.61. The Morgan fingerprint density at radius 1 is 1.24 bits per heavy atom. The van der Waals surface area contributed by atoms with Crippen LogP contribution >= 0.6 is 22.6 Å². The quantitative estimate of drug-likeness (QED) is 0.654. The van der Waals surface area contributed by atoms with Gasteiger partial charge in [0.25, 0.3) is 5.91 Å². The average molecular weight is 349 g/mol. The molecule has 0 bridgehead atoms. The number of hydrogen-bond acceptors (Lipinski definition) is 3. The van der Waals surface area contributed by atoms with Crippen LogP contribution in [0.25, 0.3) is 0 Å². The standard InChI is InChI=1S/C12H16INO3/c1-8(12(16-2)17-3)14-11(15)9-4-6-10(13)7-5-9/h4-8,12H,1-3H3,(H,14,15). The number of ether oxygens (including phenoxy) is 2. The van der Waals surface area contributed by atoms with Crippen LogP contribution in [0.3, 0.4) is 0 Å². The van der Waals surface area contributed by atoms with Crippen molar-refractivity contribution in [2.75, 3.05) is 14.2 Å². The number of nitrogens with one attached hydrogen (secondary N) is 1. The number of benzene rings is 1. The van der Waals surface area contributed by atoms with Gasteiger partial charge in [-0.15, -0.1) is 0 Å². The van der Waals surface area contributed by atoms with Gasteiger partial charge in [-0.25, -0.2) is 0 Å². The van der Waals surface area contributed by atoms with E-state index in [4.69, 9.17) is 9.47 Å². The first-order chi connectivity index (χ1) is 8.08. The lowest BCUT2D eigenvalue weighted by Crippen LogP contribution is -2.42. The van der Waals surface area contributed by atoms with Crippen molar-refractivity contribution in [1.29, 1.82) is 0 Å². The van der Waals surface area contributed by atoms with Gasteiger partial charge in [-0.1, -0.05) is 0 Å². The normalized spacial score (nSPS) is 12.5. The second-order valence-corrected chi connectivity index (χ2v) is 4.85. The summed E-state index contributed by atoms with van der Waals surface area (Å²) < 4.78 is 11.3. The molecule has 0 aliphatic heterocycles. The summed E-state index contributed by atoms with van der Waals surface area (Å²) in [6.07, 6.45) is -0.442. The fraction of sp³-hybridized carbons (Fsp3) is 0.417. The number of rotatable bonds is 5. The molecule has 94 valence electrons. The predicted molar refractivity (Wildman–Crippen MR) is 73.9 cm³/mol.